The lowest BCUT2D eigenvalue weighted by atomic mass is 10.0. The van der Waals surface area contributed by atoms with Gasteiger partial charge in [-0.25, -0.2) is 13.4 Å². The monoisotopic (exact) mass is 505 g/mol. The number of pyridine rings is 1. The van der Waals surface area contributed by atoms with Gasteiger partial charge in [-0.15, -0.1) is 13.2 Å². The van der Waals surface area contributed by atoms with Gasteiger partial charge in [0.25, 0.3) is 5.91 Å². The highest BCUT2D eigenvalue weighted by atomic mass is 32.2. The highest BCUT2D eigenvalue weighted by Gasteiger charge is 2.34. The van der Waals surface area contributed by atoms with Gasteiger partial charge in [-0.1, -0.05) is 6.07 Å². The fraction of sp³-hybridized carbons (Fsp3) is 0.217. The highest BCUT2D eigenvalue weighted by molar-refractivity contribution is 7.91. The average Bonchev–Trinajstić information content (AvgIpc) is 2.90. The number of halogens is 3. The minimum atomic E-state index is -4.97. The predicted octanol–water partition coefficient (Wildman–Crippen LogP) is 3.88. The van der Waals surface area contributed by atoms with Crippen LogP contribution < -0.4 is 15.0 Å². The maximum Gasteiger partial charge on any atom is 0.573 e. The molecule has 0 unspecified atom stereocenters. The number of alkyl halides is 3. The number of nitrogens with zero attached hydrogens (tertiary/aromatic N) is 2. The molecule has 3 heterocycles. The van der Waals surface area contributed by atoms with Crippen LogP contribution in [0, 0.1) is 0 Å². The van der Waals surface area contributed by atoms with E-state index in [4.69, 9.17) is 4.74 Å². The smallest absolute Gasteiger partial charge is 0.406 e. The van der Waals surface area contributed by atoms with Crippen molar-refractivity contribution in [1.29, 1.82) is 0 Å². The number of aromatic nitrogens is 1. The van der Waals surface area contributed by atoms with Crippen LogP contribution in [0.2, 0.25) is 0 Å². The number of benzene rings is 2. The number of fused-ring (bicyclic) bond motifs is 2. The molecule has 12 heteroatoms. The quantitative estimate of drug-likeness (QED) is 0.577. The molecule has 0 saturated carbocycles. The van der Waals surface area contributed by atoms with Gasteiger partial charge >= 0.3 is 6.36 Å². The largest absolute Gasteiger partial charge is 0.573 e. The van der Waals surface area contributed by atoms with Crippen molar-refractivity contribution in [1.82, 2.24) is 4.98 Å². The zero-order chi connectivity index (χ0) is 24.8. The Hall–Kier alpha value is -3.64. The summed E-state index contributed by atoms with van der Waals surface area (Å²) in [4.78, 5) is 18.9. The summed E-state index contributed by atoms with van der Waals surface area (Å²) in [5.74, 6) is -0.691. The Morgan fingerprint density at radius 1 is 0.971 bits per heavy atom. The maximum atomic E-state index is 13.3. The summed E-state index contributed by atoms with van der Waals surface area (Å²) in [5, 5.41) is 2.40. The Labute approximate surface area is 198 Å². The molecule has 2 aromatic carbocycles. The van der Waals surface area contributed by atoms with Gasteiger partial charge in [0.1, 0.15) is 11.6 Å². The number of nitrogens with one attached hydrogen (secondary N) is 1. The summed E-state index contributed by atoms with van der Waals surface area (Å²) in [7, 11) is -4.21. The van der Waals surface area contributed by atoms with Crippen LogP contribution in [-0.2, 0) is 14.6 Å². The van der Waals surface area contributed by atoms with Crippen LogP contribution in [0.15, 0.2) is 64.5 Å². The maximum absolute atomic E-state index is 13.3. The Morgan fingerprint density at radius 3 is 2.43 bits per heavy atom. The number of amides is 1. The Morgan fingerprint density at radius 2 is 1.69 bits per heavy atom. The van der Waals surface area contributed by atoms with Crippen molar-refractivity contribution in [3.05, 3.63) is 60.3 Å². The SMILES string of the molecule is O=C1Nc2cc(OC(F)(F)F)ccc2S(=O)(=O)c2ccc(-c3ccnc(N4CCOCC4)c3)cc21. The van der Waals surface area contributed by atoms with E-state index in [1.54, 1.807) is 18.3 Å². The summed E-state index contributed by atoms with van der Waals surface area (Å²) in [6, 6.07) is 10.6. The van der Waals surface area contributed by atoms with Crippen LogP contribution in [0.5, 0.6) is 5.75 Å². The number of carbonyl (C=O) groups is 1. The zero-order valence-electron chi connectivity index (χ0n) is 18.0. The van der Waals surface area contributed by atoms with Crippen molar-refractivity contribution in [3.63, 3.8) is 0 Å². The first-order valence-corrected chi connectivity index (χ1v) is 12.0. The summed E-state index contributed by atoms with van der Waals surface area (Å²) in [5.41, 5.74) is 0.880. The number of hydrogen-bond donors (Lipinski definition) is 1. The second-order valence-corrected chi connectivity index (χ2v) is 9.76. The van der Waals surface area contributed by atoms with Gasteiger partial charge in [0.15, 0.2) is 0 Å². The lowest BCUT2D eigenvalue weighted by molar-refractivity contribution is -0.274. The molecular formula is C23H18F3N3O5S. The third-order valence-corrected chi connectivity index (χ3v) is 7.52. The summed E-state index contributed by atoms with van der Waals surface area (Å²) < 4.78 is 73.6. The van der Waals surface area contributed by atoms with Crippen LogP contribution in [0.3, 0.4) is 0 Å². The third-order valence-electron chi connectivity index (χ3n) is 5.65. The van der Waals surface area contributed by atoms with Crippen molar-refractivity contribution in [3.8, 4) is 16.9 Å². The summed E-state index contributed by atoms with van der Waals surface area (Å²) in [6.45, 7) is 2.53. The average molecular weight is 505 g/mol. The molecule has 1 aromatic heterocycles. The van der Waals surface area contributed by atoms with Crippen molar-refractivity contribution in [2.75, 3.05) is 36.5 Å². The van der Waals surface area contributed by atoms with Gasteiger partial charge in [0.05, 0.1) is 34.3 Å². The minimum Gasteiger partial charge on any atom is -0.406 e. The van der Waals surface area contributed by atoms with Gasteiger partial charge in [-0.2, -0.15) is 0 Å². The second kappa shape index (κ2) is 8.54. The number of sulfone groups is 1. The van der Waals surface area contributed by atoms with Gasteiger partial charge in [0, 0.05) is 25.4 Å². The van der Waals surface area contributed by atoms with E-state index in [0.717, 1.165) is 29.6 Å². The van der Waals surface area contributed by atoms with Gasteiger partial charge in [-0.05, 0) is 47.5 Å². The number of carbonyl (C=O) groups excluding carboxylic acids is 1. The number of morpholine rings is 1. The van der Waals surface area contributed by atoms with E-state index in [1.165, 1.54) is 12.1 Å². The molecule has 1 N–H and O–H groups in total. The molecule has 0 aliphatic carbocycles. The highest BCUT2D eigenvalue weighted by Crippen LogP contribution is 2.38. The molecule has 182 valence electrons. The van der Waals surface area contributed by atoms with Crippen molar-refractivity contribution in [2.24, 2.45) is 0 Å². The van der Waals surface area contributed by atoms with E-state index in [9.17, 15) is 26.4 Å². The first-order chi connectivity index (χ1) is 16.6. The molecule has 2 aliphatic rings. The van der Waals surface area contributed by atoms with Crippen LogP contribution in [0.25, 0.3) is 11.1 Å². The molecule has 0 spiro atoms. The number of anilines is 2. The van der Waals surface area contributed by atoms with Crippen molar-refractivity contribution in [2.45, 2.75) is 16.2 Å². The van der Waals surface area contributed by atoms with E-state index in [1.807, 2.05) is 6.07 Å². The molecular weight excluding hydrogens is 487 g/mol. The Balaban J connectivity index is 1.53. The van der Waals surface area contributed by atoms with Crippen LogP contribution in [-0.4, -0.2) is 52.0 Å². The van der Waals surface area contributed by atoms with E-state index < -0.39 is 27.9 Å². The zero-order valence-corrected chi connectivity index (χ0v) is 18.8. The van der Waals surface area contributed by atoms with E-state index in [0.29, 0.717) is 31.9 Å². The van der Waals surface area contributed by atoms with Crippen LogP contribution in [0.4, 0.5) is 24.7 Å². The molecule has 1 amide bonds. The summed E-state index contributed by atoms with van der Waals surface area (Å²) in [6.07, 6.45) is -3.34. The van der Waals surface area contributed by atoms with Gasteiger partial charge in [-0.3, -0.25) is 4.79 Å². The van der Waals surface area contributed by atoms with Crippen LogP contribution in [0.1, 0.15) is 10.4 Å². The third kappa shape index (κ3) is 4.54. The fourth-order valence-electron chi connectivity index (χ4n) is 4.03. The molecule has 8 nitrogen and oxygen atoms in total. The second-order valence-electron chi connectivity index (χ2n) is 7.88. The molecule has 2 aliphatic heterocycles. The van der Waals surface area contributed by atoms with E-state index >= 15 is 0 Å². The lowest BCUT2D eigenvalue weighted by Gasteiger charge is -2.28. The summed E-state index contributed by atoms with van der Waals surface area (Å²) >= 11 is 0. The van der Waals surface area contributed by atoms with Gasteiger partial charge < -0.3 is 19.7 Å². The number of ether oxygens (including phenoxy) is 2. The lowest BCUT2D eigenvalue weighted by Crippen LogP contribution is -2.36. The normalized spacial score (nSPS) is 17.1. The number of hydrogen-bond acceptors (Lipinski definition) is 7. The van der Waals surface area contributed by atoms with E-state index in [2.05, 4.69) is 19.9 Å². The predicted molar refractivity (Wildman–Crippen MR) is 119 cm³/mol. The first kappa shape index (κ1) is 23.1. The van der Waals surface area contributed by atoms with Gasteiger partial charge in [0.2, 0.25) is 9.84 Å². The molecule has 0 radical (unpaired) electrons. The molecule has 1 saturated heterocycles. The molecule has 0 atom stereocenters. The topological polar surface area (TPSA) is 97.8 Å². The van der Waals surface area contributed by atoms with E-state index in [-0.39, 0.29) is 21.0 Å². The molecule has 3 aromatic rings. The van der Waals surface area contributed by atoms with Crippen LogP contribution >= 0.6 is 0 Å². The first-order valence-electron chi connectivity index (χ1n) is 10.5. The van der Waals surface area contributed by atoms with Crippen molar-refractivity contribution < 1.29 is 35.9 Å². The molecule has 35 heavy (non-hydrogen) atoms. The fourth-order valence-corrected chi connectivity index (χ4v) is 5.60. The Bertz CT molecular complexity index is 1420. The minimum absolute atomic E-state index is 0.123. The molecule has 5 rings (SSSR count). The number of rotatable bonds is 3. The molecule has 1 fully saturated rings. The van der Waals surface area contributed by atoms with Crippen molar-refractivity contribution >= 4 is 27.2 Å². The standard InChI is InChI=1S/C23H18F3N3O5S/c24-23(25,26)34-16-2-4-20-18(13-16)28-22(30)17-11-14(1-3-19(17)35(20,31)32)15-5-6-27-21(12-15)29-7-9-33-10-8-29/h1-6,11-13H,7-10H2,(H,28,30). The molecule has 0 bridgehead atoms. The Kier molecular flexibility index (Phi) is 5.64.